The van der Waals surface area contributed by atoms with Gasteiger partial charge in [-0.2, -0.15) is 11.8 Å². The molecule has 1 N–H and O–H groups in total. The average Bonchev–Trinajstić information content (AvgIpc) is 2.10. The lowest BCUT2D eigenvalue weighted by molar-refractivity contribution is -0.140. The molecular weight excluding hydrogens is 204 g/mol. The van der Waals surface area contributed by atoms with Gasteiger partial charge in [0.15, 0.2) is 0 Å². The van der Waals surface area contributed by atoms with Crippen LogP contribution < -0.4 is 0 Å². The summed E-state index contributed by atoms with van der Waals surface area (Å²) in [5, 5.41) is 8.41. The first-order valence-corrected chi connectivity index (χ1v) is 5.26. The molecule has 80 valence electrons. The molecule has 0 unspecified atom stereocenters. The highest BCUT2D eigenvalue weighted by molar-refractivity contribution is 7.99. The van der Waals surface area contributed by atoms with E-state index in [4.69, 9.17) is 5.11 Å². The van der Waals surface area contributed by atoms with E-state index in [0.717, 1.165) is 5.57 Å². The first-order chi connectivity index (χ1) is 6.56. The van der Waals surface area contributed by atoms with E-state index in [2.05, 4.69) is 4.74 Å². The highest BCUT2D eigenvalue weighted by atomic mass is 32.2. The Balaban J connectivity index is 3.55. The maximum atomic E-state index is 10.7. The van der Waals surface area contributed by atoms with Gasteiger partial charge in [-0.05, 0) is 6.92 Å². The molecule has 0 aromatic carbocycles. The number of esters is 1. The summed E-state index contributed by atoms with van der Waals surface area (Å²) in [6.07, 6.45) is 1.53. The van der Waals surface area contributed by atoms with Crippen molar-refractivity contribution in [1.29, 1.82) is 0 Å². The zero-order valence-corrected chi connectivity index (χ0v) is 9.10. The van der Waals surface area contributed by atoms with Crippen LogP contribution in [0.4, 0.5) is 0 Å². The topological polar surface area (TPSA) is 63.6 Å². The first-order valence-electron chi connectivity index (χ1n) is 4.11. The van der Waals surface area contributed by atoms with Crippen molar-refractivity contribution < 1.29 is 19.4 Å². The molecule has 0 aliphatic carbocycles. The van der Waals surface area contributed by atoms with Crippen LogP contribution in [0.1, 0.15) is 13.3 Å². The van der Waals surface area contributed by atoms with Crippen LogP contribution in [0.15, 0.2) is 11.6 Å². The summed E-state index contributed by atoms with van der Waals surface area (Å²) in [5.41, 5.74) is 0.785. The quantitative estimate of drug-likeness (QED) is 0.414. The van der Waals surface area contributed by atoms with Crippen LogP contribution in [-0.4, -0.2) is 35.7 Å². The maximum absolute atomic E-state index is 10.7. The van der Waals surface area contributed by atoms with Crippen LogP contribution in [0, 0.1) is 0 Å². The van der Waals surface area contributed by atoms with Gasteiger partial charge >= 0.3 is 11.9 Å². The van der Waals surface area contributed by atoms with Crippen LogP contribution in [0.3, 0.4) is 0 Å². The molecule has 0 saturated heterocycles. The van der Waals surface area contributed by atoms with Crippen molar-refractivity contribution in [2.45, 2.75) is 13.3 Å². The first kappa shape index (κ1) is 13.0. The van der Waals surface area contributed by atoms with E-state index < -0.39 is 5.97 Å². The number of aliphatic carboxylic acids is 1. The second kappa shape index (κ2) is 7.44. The Morgan fingerprint density at radius 3 is 2.64 bits per heavy atom. The fourth-order valence-electron chi connectivity index (χ4n) is 0.743. The second-order valence-corrected chi connectivity index (χ2v) is 3.81. The van der Waals surface area contributed by atoms with Crippen molar-refractivity contribution in [2.75, 3.05) is 18.6 Å². The monoisotopic (exact) mass is 218 g/mol. The summed E-state index contributed by atoms with van der Waals surface area (Å²) >= 11 is 1.51. The van der Waals surface area contributed by atoms with Gasteiger partial charge in [-0.15, -0.1) is 0 Å². The van der Waals surface area contributed by atoms with Crippen molar-refractivity contribution in [2.24, 2.45) is 0 Å². The summed E-state index contributed by atoms with van der Waals surface area (Å²) in [6.45, 7) is 1.75. The van der Waals surface area contributed by atoms with E-state index in [9.17, 15) is 9.59 Å². The molecule has 0 fully saturated rings. The third-order valence-electron chi connectivity index (χ3n) is 1.38. The van der Waals surface area contributed by atoms with E-state index in [1.807, 2.05) is 0 Å². The molecular formula is C9H14O4S. The van der Waals surface area contributed by atoms with Gasteiger partial charge in [0.25, 0.3) is 0 Å². The molecule has 0 radical (unpaired) electrons. The van der Waals surface area contributed by atoms with Crippen molar-refractivity contribution in [1.82, 2.24) is 0 Å². The Labute approximate surface area is 87.3 Å². The SMILES string of the molecule is COC(=O)CCSCC(C)=CC(=O)O. The zero-order valence-electron chi connectivity index (χ0n) is 8.28. The standard InChI is InChI=1S/C9H14O4S/c1-7(5-8(10)11)6-14-4-3-9(12)13-2/h5H,3-4,6H2,1-2H3,(H,10,11). The molecule has 0 atom stereocenters. The van der Waals surface area contributed by atoms with E-state index in [1.165, 1.54) is 24.9 Å². The minimum Gasteiger partial charge on any atom is -0.478 e. The fraction of sp³-hybridized carbons (Fsp3) is 0.556. The predicted molar refractivity (Wildman–Crippen MR) is 55.4 cm³/mol. The molecule has 0 saturated carbocycles. The summed E-state index contributed by atoms with van der Waals surface area (Å²) in [5.74, 6) is 0.106. The molecule has 0 amide bonds. The van der Waals surface area contributed by atoms with Gasteiger partial charge in [0.05, 0.1) is 13.5 Å². The second-order valence-electron chi connectivity index (χ2n) is 2.71. The Morgan fingerprint density at radius 2 is 2.14 bits per heavy atom. The van der Waals surface area contributed by atoms with Gasteiger partial charge in [-0.25, -0.2) is 4.79 Å². The number of carbonyl (C=O) groups is 2. The molecule has 0 bridgehead atoms. The largest absolute Gasteiger partial charge is 0.478 e. The maximum Gasteiger partial charge on any atom is 0.328 e. The van der Waals surface area contributed by atoms with Crippen LogP contribution in [0.25, 0.3) is 0 Å². The van der Waals surface area contributed by atoms with Crippen LogP contribution in [0.5, 0.6) is 0 Å². The number of ether oxygens (including phenoxy) is 1. The van der Waals surface area contributed by atoms with Crippen molar-refractivity contribution in [3.63, 3.8) is 0 Å². The highest BCUT2D eigenvalue weighted by Gasteiger charge is 2.00. The Bertz CT molecular complexity index is 235. The van der Waals surface area contributed by atoms with Gasteiger partial charge in [0, 0.05) is 17.6 Å². The molecule has 0 aliphatic rings. The lowest BCUT2D eigenvalue weighted by Gasteiger charge is -2.00. The molecule has 0 aromatic rings. The molecule has 14 heavy (non-hydrogen) atoms. The molecule has 0 aromatic heterocycles. The Morgan fingerprint density at radius 1 is 1.50 bits per heavy atom. The van der Waals surface area contributed by atoms with E-state index >= 15 is 0 Å². The van der Waals surface area contributed by atoms with E-state index in [0.29, 0.717) is 17.9 Å². The van der Waals surface area contributed by atoms with Crippen LogP contribution in [-0.2, 0) is 14.3 Å². The summed E-state index contributed by atoms with van der Waals surface area (Å²) in [4.78, 5) is 20.9. The van der Waals surface area contributed by atoms with Crippen LogP contribution in [0.2, 0.25) is 0 Å². The average molecular weight is 218 g/mol. The number of hydrogen-bond acceptors (Lipinski definition) is 4. The Hall–Kier alpha value is -0.970. The van der Waals surface area contributed by atoms with Gasteiger partial charge in [0.2, 0.25) is 0 Å². The summed E-state index contributed by atoms with van der Waals surface area (Å²) in [6, 6.07) is 0. The Kier molecular flexibility index (Phi) is 6.92. The number of rotatable bonds is 6. The predicted octanol–water partition coefficient (Wildman–Crippen LogP) is 1.31. The van der Waals surface area contributed by atoms with Gasteiger partial charge in [0.1, 0.15) is 0 Å². The number of carbonyl (C=O) groups excluding carboxylic acids is 1. The number of carboxylic acid groups (broad SMARTS) is 1. The minimum atomic E-state index is -0.934. The zero-order chi connectivity index (χ0) is 11.0. The van der Waals surface area contributed by atoms with Gasteiger partial charge in [-0.1, -0.05) is 5.57 Å². The summed E-state index contributed by atoms with van der Waals surface area (Å²) in [7, 11) is 1.35. The molecule has 0 spiro atoms. The number of carboxylic acids is 1. The lowest BCUT2D eigenvalue weighted by Crippen LogP contribution is -2.01. The minimum absolute atomic E-state index is 0.239. The van der Waals surface area contributed by atoms with E-state index in [-0.39, 0.29) is 5.97 Å². The molecule has 0 rings (SSSR count). The fourth-order valence-corrected chi connectivity index (χ4v) is 1.60. The molecule has 0 aliphatic heterocycles. The number of thioether (sulfide) groups is 1. The van der Waals surface area contributed by atoms with Crippen LogP contribution >= 0.6 is 11.8 Å². The van der Waals surface area contributed by atoms with Gasteiger partial charge in [-0.3, -0.25) is 4.79 Å². The van der Waals surface area contributed by atoms with E-state index in [1.54, 1.807) is 6.92 Å². The highest BCUT2D eigenvalue weighted by Crippen LogP contribution is 2.08. The smallest absolute Gasteiger partial charge is 0.328 e. The number of hydrogen-bond donors (Lipinski definition) is 1. The molecule has 5 heteroatoms. The molecule has 4 nitrogen and oxygen atoms in total. The normalized spacial score (nSPS) is 11.1. The third-order valence-corrected chi connectivity index (χ3v) is 2.53. The number of methoxy groups -OCH3 is 1. The molecule has 0 heterocycles. The van der Waals surface area contributed by atoms with Crippen molar-refractivity contribution >= 4 is 23.7 Å². The van der Waals surface area contributed by atoms with Crippen molar-refractivity contribution in [3.05, 3.63) is 11.6 Å². The van der Waals surface area contributed by atoms with Crippen molar-refractivity contribution in [3.8, 4) is 0 Å². The van der Waals surface area contributed by atoms with Gasteiger partial charge < -0.3 is 9.84 Å². The lowest BCUT2D eigenvalue weighted by atomic mass is 10.3. The summed E-state index contributed by atoms with van der Waals surface area (Å²) < 4.78 is 4.46. The third kappa shape index (κ3) is 7.67.